The second kappa shape index (κ2) is 33.4. The van der Waals surface area contributed by atoms with Gasteiger partial charge in [0.15, 0.2) is 5.13 Å². The second-order valence-electron chi connectivity index (χ2n) is 14.6. The van der Waals surface area contributed by atoms with Gasteiger partial charge in [-0.3, -0.25) is 14.6 Å². The molecule has 3 aromatic heterocycles. The highest BCUT2D eigenvalue weighted by Crippen LogP contribution is 2.33. The Bertz CT molecular complexity index is 1780. The zero-order chi connectivity index (χ0) is 46.1. The molecule has 0 aliphatic carbocycles. The molecule has 3 aromatic rings. The molecule has 2 aliphatic rings. The quantitative estimate of drug-likeness (QED) is 0.0407. The molecule has 366 valence electrons. The Balaban J connectivity index is 0.695. The fraction of sp³-hybridized carbons (Fsp3) is 0.651. The van der Waals surface area contributed by atoms with E-state index in [0.717, 1.165) is 25.0 Å². The van der Waals surface area contributed by atoms with Crippen molar-refractivity contribution >= 4 is 52.0 Å². The van der Waals surface area contributed by atoms with Crippen molar-refractivity contribution in [1.82, 2.24) is 41.2 Å². The number of nitrogens with zero attached hydrogens (tertiary/aromatic N) is 4. The lowest BCUT2D eigenvalue weighted by atomic mass is 10.0. The standard InChI is InChI=1S/C43H65N9O12S2/c53-36(8-2-1-7-35-37-34(32-65-35)49-42(55)50-37)45-12-14-56-16-18-58-20-22-60-24-26-62-28-30-64-31-29-63-27-25-61-23-21-59-19-17-57-15-13-46-40(54)39-38(33-6-3-4-9-44-33)51-43(66-39)52-41-47-10-5-11-48-41/h3-6,9-11,34-35,37H,1-2,7-8,12-32H2,(H,45,53)(H,46,54)(H2,49,50,55)(H,47,48,51,52)/t34-,35-,37-/m0/s1. The number of aromatic nitrogens is 4. The summed E-state index contributed by atoms with van der Waals surface area (Å²) in [6, 6.07) is 7.55. The molecule has 2 aliphatic heterocycles. The molecule has 0 aromatic carbocycles. The summed E-state index contributed by atoms with van der Waals surface area (Å²) in [6.45, 7) is 8.75. The van der Waals surface area contributed by atoms with E-state index in [0.29, 0.717) is 171 Å². The van der Waals surface area contributed by atoms with Crippen molar-refractivity contribution in [3.05, 3.63) is 47.7 Å². The molecule has 0 radical (unpaired) electrons. The summed E-state index contributed by atoms with van der Waals surface area (Å²) in [5.41, 5.74) is 1.06. The molecular weight excluding hydrogens is 899 g/mol. The minimum atomic E-state index is -0.278. The van der Waals surface area contributed by atoms with E-state index in [1.165, 1.54) is 11.3 Å². The lowest BCUT2D eigenvalue weighted by molar-refractivity contribution is -0.121. The molecule has 66 heavy (non-hydrogen) atoms. The molecule has 0 spiro atoms. The number of amides is 4. The summed E-state index contributed by atoms with van der Waals surface area (Å²) in [5.74, 6) is 1.09. The number of fused-ring (bicyclic) bond motifs is 1. The summed E-state index contributed by atoms with van der Waals surface area (Å²) in [7, 11) is 0. The Morgan fingerprint density at radius 1 is 0.636 bits per heavy atom. The fourth-order valence-electron chi connectivity index (χ4n) is 6.47. The Labute approximate surface area is 394 Å². The zero-order valence-corrected chi connectivity index (χ0v) is 39.1. The molecule has 2 fully saturated rings. The monoisotopic (exact) mass is 963 g/mol. The Morgan fingerprint density at radius 2 is 1.17 bits per heavy atom. The van der Waals surface area contributed by atoms with Crippen LogP contribution in [0.2, 0.25) is 0 Å². The van der Waals surface area contributed by atoms with E-state index in [2.05, 4.69) is 46.5 Å². The maximum absolute atomic E-state index is 13.1. The molecule has 3 atom stereocenters. The van der Waals surface area contributed by atoms with Gasteiger partial charge in [-0.1, -0.05) is 23.8 Å². The van der Waals surface area contributed by atoms with Gasteiger partial charge in [-0.05, 0) is 31.0 Å². The van der Waals surface area contributed by atoms with Gasteiger partial charge >= 0.3 is 6.03 Å². The molecular formula is C43H65N9O12S2. The van der Waals surface area contributed by atoms with Crippen LogP contribution in [0.5, 0.6) is 0 Å². The Morgan fingerprint density at radius 3 is 1.71 bits per heavy atom. The maximum atomic E-state index is 13.1. The van der Waals surface area contributed by atoms with Gasteiger partial charge in [0.1, 0.15) is 10.6 Å². The van der Waals surface area contributed by atoms with Crippen LogP contribution in [0.1, 0.15) is 35.4 Å². The number of hydrogen-bond acceptors (Lipinski definition) is 19. The van der Waals surface area contributed by atoms with Gasteiger partial charge in [0.25, 0.3) is 5.91 Å². The first-order valence-electron chi connectivity index (χ1n) is 22.5. The van der Waals surface area contributed by atoms with Crippen LogP contribution in [0.4, 0.5) is 15.9 Å². The summed E-state index contributed by atoms with van der Waals surface area (Å²) in [6.07, 6.45) is 8.20. The third-order valence-corrected chi connectivity index (χ3v) is 12.2. The van der Waals surface area contributed by atoms with Crippen LogP contribution < -0.4 is 26.6 Å². The number of rotatable bonds is 39. The van der Waals surface area contributed by atoms with Crippen LogP contribution in [-0.4, -0.2) is 193 Å². The molecule has 4 amide bonds. The lowest BCUT2D eigenvalue weighted by Gasteiger charge is -2.16. The van der Waals surface area contributed by atoms with E-state index in [9.17, 15) is 14.4 Å². The highest BCUT2D eigenvalue weighted by Gasteiger charge is 2.42. The number of urea groups is 1. The van der Waals surface area contributed by atoms with E-state index in [1.54, 1.807) is 36.8 Å². The van der Waals surface area contributed by atoms with Gasteiger partial charge in [-0.2, -0.15) is 11.8 Å². The van der Waals surface area contributed by atoms with Crippen LogP contribution in [0.25, 0.3) is 11.4 Å². The van der Waals surface area contributed by atoms with E-state index in [1.807, 2.05) is 17.8 Å². The van der Waals surface area contributed by atoms with Crippen molar-refractivity contribution in [2.45, 2.75) is 43.0 Å². The van der Waals surface area contributed by atoms with Gasteiger partial charge in [0.2, 0.25) is 11.9 Å². The van der Waals surface area contributed by atoms with Gasteiger partial charge in [-0.15, -0.1) is 0 Å². The number of unbranched alkanes of at least 4 members (excludes halogenated alkanes) is 1. The molecule has 21 nitrogen and oxygen atoms in total. The van der Waals surface area contributed by atoms with Gasteiger partial charge in [-0.25, -0.2) is 19.7 Å². The van der Waals surface area contributed by atoms with E-state index >= 15 is 0 Å². The number of hydrogen-bond donors (Lipinski definition) is 5. The van der Waals surface area contributed by atoms with Crippen LogP contribution in [0.3, 0.4) is 0 Å². The Kier molecular flexibility index (Phi) is 26.7. The van der Waals surface area contributed by atoms with E-state index in [-0.39, 0.29) is 29.9 Å². The van der Waals surface area contributed by atoms with Crippen molar-refractivity contribution in [3.63, 3.8) is 0 Å². The third-order valence-electron chi connectivity index (χ3n) is 9.68. The maximum Gasteiger partial charge on any atom is 0.315 e. The van der Waals surface area contributed by atoms with Crippen molar-refractivity contribution in [1.29, 1.82) is 0 Å². The summed E-state index contributed by atoms with van der Waals surface area (Å²) < 4.78 is 49.8. The number of carbonyl (C=O) groups is 3. The van der Waals surface area contributed by atoms with Crippen molar-refractivity contribution in [2.75, 3.05) is 143 Å². The number of ether oxygens (including phenoxy) is 9. The van der Waals surface area contributed by atoms with E-state index in [4.69, 9.17) is 42.6 Å². The third kappa shape index (κ3) is 21.7. The van der Waals surface area contributed by atoms with Gasteiger partial charge in [0.05, 0.1) is 137 Å². The first-order chi connectivity index (χ1) is 32.6. The average molecular weight is 964 g/mol. The van der Waals surface area contributed by atoms with E-state index < -0.39 is 0 Å². The summed E-state index contributed by atoms with van der Waals surface area (Å²) in [5, 5.41) is 15.7. The largest absolute Gasteiger partial charge is 0.377 e. The molecule has 2 saturated heterocycles. The molecule has 0 saturated carbocycles. The number of pyridine rings is 1. The average Bonchev–Trinajstić information content (AvgIpc) is 4.04. The predicted molar refractivity (Wildman–Crippen MR) is 247 cm³/mol. The smallest absolute Gasteiger partial charge is 0.315 e. The normalized spacial score (nSPS) is 16.5. The molecule has 5 N–H and O–H groups in total. The highest BCUT2D eigenvalue weighted by atomic mass is 32.2. The fourth-order valence-corrected chi connectivity index (χ4v) is 8.89. The summed E-state index contributed by atoms with van der Waals surface area (Å²) >= 11 is 3.09. The summed E-state index contributed by atoms with van der Waals surface area (Å²) in [4.78, 5) is 54.3. The Hall–Kier alpha value is -4.14. The number of thioether (sulfide) groups is 1. The molecule has 23 heteroatoms. The zero-order valence-electron chi connectivity index (χ0n) is 37.5. The SMILES string of the molecule is O=C(CCCC[C@@H]1SC[C@@H]2NC(=O)N[C@@H]21)NCCOCCOCCOCCOCCOCCOCCOCCOCCOCCNC(=O)c1sc(Nc2ncccn2)nc1-c1ccccn1. The number of anilines is 2. The van der Waals surface area contributed by atoms with Gasteiger partial charge in [0, 0.05) is 49.1 Å². The number of nitrogens with one attached hydrogen (secondary N) is 5. The topological polar surface area (TPSA) is 246 Å². The van der Waals surface area contributed by atoms with Crippen molar-refractivity contribution in [3.8, 4) is 11.4 Å². The minimum absolute atomic E-state index is 0.0361. The first-order valence-corrected chi connectivity index (χ1v) is 24.3. The number of carbonyl (C=O) groups excluding carboxylic acids is 3. The molecule has 5 heterocycles. The van der Waals surface area contributed by atoms with Crippen molar-refractivity contribution in [2.24, 2.45) is 0 Å². The van der Waals surface area contributed by atoms with Crippen molar-refractivity contribution < 1.29 is 57.0 Å². The van der Waals surface area contributed by atoms with Crippen LogP contribution in [0.15, 0.2) is 42.9 Å². The minimum Gasteiger partial charge on any atom is -0.377 e. The lowest BCUT2D eigenvalue weighted by Crippen LogP contribution is -2.36. The number of thiazole rings is 1. The van der Waals surface area contributed by atoms with Crippen LogP contribution >= 0.6 is 23.1 Å². The predicted octanol–water partition coefficient (Wildman–Crippen LogP) is 2.46. The van der Waals surface area contributed by atoms with Crippen LogP contribution in [-0.2, 0) is 47.4 Å². The molecule has 0 bridgehead atoms. The highest BCUT2D eigenvalue weighted by molar-refractivity contribution is 8.00. The molecule has 0 unspecified atom stereocenters. The second-order valence-corrected chi connectivity index (χ2v) is 16.9. The molecule has 5 rings (SSSR count). The van der Waals surface area contributed by atoms with Gasteiger partial charge < -0.3 is 69.2 Å². The van der Waals surface area contributed by atoms with Crippen LogP contribution in [0, 0.1) is 0 Å². The first kappa shape index (κ1) is 52.8.